The minimum atomic E-state index is 1.29. The van der Waals surface area contributed by atoms with Crippen molar-refractivity contribution in [3.63, 3.8) is 0 Å². The lowest BCUT2D eigenvalue weighted by molar-refractivity contribution is 1.67. The Bertz CT molecular complexity index is 857. The second-order valence-electron chi connectivity index (χ2n) is 4.65. The Morgan fingerprint density at radius 3 is 2.21 bits per heavy atom. The van der Waals surface area contributed by atoms with Crippen LogP contribution in [0, 0.1) is 0 Å². The molecule has 0 aliphatic heterocycles. The van der Waals surface area contributed by atoms with Crippen LogP contribution in [0.4, 0.5) is 0 Å². The molecule has 4 rings (SSSR count). The van der Waals surface area contributed by atoms with Crippen LogP contribution in [0.5, 0.6) is 0 Å². The molecule has 1 heterocycles. The van der Waals surface area contributed by atoms with Crippen LogP contribution in [0.2, 0.25) is 0 Å². The number of benzene rings is 3. The molecule has 3 aromatic carbocycles. The van der Waals surface area contributed by atoms with Crippen LogP contribution in [0.15, 0.2) is 72.8 Å². The molecule has 0 amide bonds. The first-order valence-corrected chi connectivity index (χ1v) is 7.21. The first-order valence-electron chi connectivity index (χ1n) is 6.39. The van der Waals surface area contributed by atoms with Crippen LogP contribution in [0.1, 0.15) is 0 Å². The summed E-state index contributed by atoms with van der Waals surface area (Å²) in [6.07, 6.45) is 0. The molecular formula is C18H12S. The van der Waals surface area contributed by atoms with E-state index in [0.717, 1.165) is 0 Å². The van der Waals surface area contributed by atoms with Gasteiger partial charge in [0.05, 0.1) is 0 Å². The van der Waals surface area contributed by atoms with Crippen LogP contribution in [0.3, 0.4) is 0 Å². The van der Waals surface area contributed by atoms with Crippen molar-refractivity contribution >= 4 is 31.5 Å². The van der Waals surface area contributed by atoms with Gasteiger partial charge in [0.25, 0.3) is 0 Å². The molecule has 0 saturated carbocycles. The second-order valence-corrected chi connectivity index (χ2v) is 5.70. The van der Waals surface area contributed by atoms with Gasteiger partial charge >= 0.3 is 0 Å². The van der Waals surface area contributed by atoms with Crippen molar-refractivity contribution in [3.05, 3.63) is 72.8 Å². The fraction of sp³-hybridized carbons (Fsp3) is 0. The molecule has 0 N–H and O–H groups in total. The second kappa shape index (κ2) is 4.22. The molecule has 0 aliphatic carbocycles. The zero-order valence-electron chi connectivity index (χ0n) is 10.3. The maximum absolute atomic E-state index is 2.22. The van der Waals surface area contributed by atoms with Crippen molar-refractivity contribution in [2.45, 2.75) is 0 Å². The SMILES string of the molecule is c1ccc(-c2cccc3c2sc2ccccc23)cc1. The van der Waals surface area contributed by atoms with E-state index in [1.807, 2.05) is 11.3 Å². The molecule has 19 heavy (non-hydrogen) atoms. The Morgan fingerprint density at radius 1 is 0.579 bits per heavy atom. The summed E-state index contributed by atoms with van der Waals surface area (Å²) in [5.41, 5.74) is 2.62. The fourth-order valence-corrected chi connectivity index (χ4v) is 3.83. The van der Waals surface area contributed by atoms with Gasteiger partial charge in [-0.05, 0) is 17.2 Å². The molecule has 0 fully saturated rings. The third-order valence-corrected chi connectivity index (χ3v) is 4.71. The predicted octanol–water partition coefficient (Wildman–Crippen LogP) is 5.72. The van der Waals surface area contributed by atoms with E-state index < -0.39 is 0 Å². The van der Waals surface area contributed by atoms with E-state index in [0.29, 0.717) is 0 Å². The lowest BCUT2D eigenvalue weighted by Crippen LogP contribution is -1.76. The highest BCUT2D eigenvalue weighted by Gasteiger charge is 2.08. The summed E-state index contributed by atoms with van der Waals surface area (Å²) < 4.78 is 2.75. The third-order valence-electron chi connectivity index (χ3n) is 3.49. The van der Waals surface area contributed by atoms with Crippen molar-refractivity contribution in [2.24, 2.45) is 0 Å². The standard InChI is InChI=1S/C18H12S/c1-2-7-13(8-3-1)14-10-6-11-16-15-9-4-5-12-17(15)19-18(14)16/h1-12H. The van der Waals surface area contributed by atoms with Gasteiger partial charge in [-0.25, -0.2) is 0 Å². The monoisotopic (exact) mass is 260 g/mol. The molecule has 0 radical (unpaired) electrons. The number of hydrogen-bond donors (Lipinski definition) is 0. The van der Waals surface area contributed by atoms with E-state index in [1.54, 1.807) is 0 Å². The van der Waals surface area contributed by atoms with E-state index in [1.165, 1.54) is 31.3 Å². The van der Waals surface area contributed by atoms with E-state index in [4.69, 9.17) is 0 Å². The summed E-state index contributed by atoms with van der Waals surface area (Å²) in [4.78, 5) is 0. The van der Waals surface area contributed by atoms with Gasteiger partial charge in [0, 0.05) is 20.2 Å². The molecule has 0 atom stereocenters. The van der Waals surface area contributed by atoms with Gasteiger partial charge in [-0.2, -0.15) is 0 Å². The smallest absolute Gasteiger partial charge is 0.0433 e. The number of fused-ring (bicyclic) bond motifs is 3. The minimum Gasteiger partial charge on any atom is -0.135 e. The van der Waals surface area contributed by atoms with Crippen molar-refractivity contribution in [3.8, 4) is 11.1 Å². The highest BCUT2D eigenvalue weighted by molar-refractivity contribution is 7.26. The van der Waals surface area contributed by atoms with E-state index >= 15 is 0 Å². The van der Waals surface area contributed by atoms with E-state index in [-0.39, 0.29) is 0 Å². The zero-order valence-corrected chi connectivity index (χ0v) is 11.2. The Kier molecular flexibility index (Phi) is 2.39. The molecule has 0 aliphatic rings. The topological polar surface area (TPSA) is 0 Å². The molecule has 1 aromatic heterocycles. The van der Waals surface area contributed by atoms with Gasteiger partial charge < -0.3 is 0 Å². The molecular weight excluding hydrogens is 248 g/mol. The average Bonchev–Trinajstić information content (AvgIpc) is 2.87. The van der Waals surface area contributed by atoms with E-state index in [2.05, 4.69) is 72.8 Å². The van der Waals surface area contributed by atoms with Gasteiger partial charge in [0.1, 0.15) is 0 Å². The molecule has 0 nitrogen and oxygen atoms in total. The normalized spacial score (nSPS) is 11.2. The Morgan fingerprint density at radius 2 is 1.32 bits per heavy atom. The molecule has 0 saturated heterocycles. The number of hydrogen-bond acceptors (Lipinski definition) is 1. The summed E-state index contributed by atoms with van der Waals surface area (Å²) in [6, 6.07) is 25.9. The molecule has 4 aromatic rings. The summed E-state index contributed by atoms with van der Waals surface area (Å²) in [5, 5.41) is 2.72. The van der Waals surface area contributed by atoms with E-state index in [9.17, 15) is 0 Å². The highest BCUT2D eigenvalue weighted by Crippen LogP contribution is 2.39. The number of thiophene rings is 1. The fourth-order valence-electron chi connectivity index (χ4n) is 2.59. The quantitative estimate of drug-likeness (QED) is 0.410. The van der Waals surface area contributed by atoms with Crippen molar-refractivity contribution in [2.75, 3.05) is 0 Å². The molecule has 0 bridgehead atoms. The van der Waals surface area contributed by atoms with Crippen molar-refractivity contribution in [1.29, 1.82) is 0 Å². The van der Waals surface area contributed by atoms with Crippen LogP contribution < -0.4 is 0 Å². The van der Waals surface area contributed by atoms with Gasteiger partial charge in [-0.1, -0.05) is 66.7 Å². The number of rotatable bonds is 1. The third kappa shape index (κ3) is 1.66. The van der Waals surface area contributed by atoms with Crippen LogP contribution in [0.25, 0.3) is 31.3 Å². The molecule has 1 heteroatoms. The average molecular weight is 260 g/mol. The lowest BCUT2D eigenvalue weighted by atomic mass is 10.0. The van der Waals surface area contributed by atoms with Gasteiger partial charge in [-0.15, -0.1) is 11.3 Å². The summed E-state index contributed by atoms with van der Waals surface area (Å²) in [5.74, 6) is 0. The molecule has 90 valence electrons. The lowest BCUT2D eigenvalue weighted by Gasteiger charge is -2.02. The summed E-state index contributed by atoms with van der Waals surface area (Å²) in [7, 11) is 0. The molecule has 0 unspecified atom stereocenters. The molecule has 0 spiro atoms. The Labute approximate surface area is 115 Å². The minimum absolute atomic E-state index is 1.29. The van der Waals surface area contributed by atoms with Crippen LogP contribution >= 0.6 is 11.3 Å². The maximum atomic E-state index is 2.22. The van der Waals surface area contributed by atoms with Crippen LogP contribution in [-0.4, -0.2) is 0 Å². The van der Waals surface area contributed by atoms with Gasteiger partial charge in [0.2, 0.25) is 0 Å². The Hall–Kier alpha value is -2.12. The summed E-state index contributed by atoms with van der Waals surface area (Å²) >= 11 is 1.88. The summed E-state index contributed by atoms with van der Waals surface area (Å²) in [6.45, 7) is 0. The van der Waals surface area contributed by atoms with Crippen LogP contribution in [-0.2, 0) is 0 Å². The predicted molar refractivity (Wildman–Crippen MR) is 84.8 cm³/mol. The first kappa shape index (κ1) is 10.8. The van der Waals surface area contributed by atoms with Crippen molar-refractivity contribution in [1.82, 2.24) is 0 Å². The highest BCUT2D eigenvalue weighted by atomic mass is 32.1. The maximum Gasteiger partial charge on any atom is 0.0433 e. The van der Waals surface area contributed by atoms with Gasteiger partial charge in [-0.3, -0.25) is 0 Å². The Balaban J connectivity index is 2.13. The van der Waals surface area contributed by atoms with Crippen molar-refractivity contribution < 1.29 is 0 Å². The van der Waals surface area contributed by atoms with Gasteiger partial charge in [0.15, 0.2) is 0 Å². The first-order chi connectivity index (χ1) is 9.43. The zero-order chi connectivity index (χ0) is 12.7. The largest absolute Gasteiger partial charge is 0.135 e.